The minimum Gasteiger partial charge on any atom is -0.444 e. The molecule has 0 spiro atoms. The van der Waals surface area contributed by atoms with Gasteiger partial charge in [-0.05, 0) is 51.3 Å². The summed E-state index contributed by atoms with van der Waals surface area (Å²) < 4.78 is 6.45. The van der Waals surface area contributed by atoms with E-state index in [1.54, 1.807) is 0 Å². The molecule has 1 aliphatic rings. The van der Waals surface area contributed by atoms with Crippen LogP contribution in [0.25, 0.3) is 0 Å². The van der Waals surface area contributed by atoms with Gasteiger partial charge in [-0.25, -0.2) is 4.79 Å². The van der Waals surface area contributed by atoms with Crippen molar-refractivity contribution < 1.29 is 9.53 Å². The van der Waals surface area contributed by atoms with E-state index in [2.05, 4.69) is 21.2 Å². The third-order valence-electron chi connectivity index (χ3n) is 3.72. The second-order valence-corrected chi connectivity index (χ2v) is 8.16. The lowest BCUT2D eigenvalue weighted by Gasteiger charge is -2.28. The first-order chi connectivity index (χ1) is 10.8. The summed E-state index contributed by atoms with van der Waals surface area (Å²) in [5.41, 5.74) is 0.597. The Morgan fingerprint density at radius 3 is 2.87 bits per heavy atom. The Hall–Kier alpha value is -0.780. The van der Waals surface area contributed by atoms with Crippen molar-refractivity contribution in [1.82, 2.24) is 10.2 Å². The number of carbonyl (C=O) groups excluding carboxylic acids is 1. The monoisotopic (exact) mass is 402 g/mol. The van der Waals surface area contributed by atoms with Gasteiger partial charge in [-0.1, -0.05) is 33.6 Å². The van der Waals surface area contributed by atoms with Gasteiger partial charge in [0.2, 0.25) is 0 Å². The Morgan fingerprint density at radius 1 is 1.48 bits per heavy atom. The molecule has 0 saturated carbocycles. The number of amides is 1. The van der Waals surface area contributed by atoms with Crippen LogP contribution in [0.5, 0.6) is 0 Å². The van der Waals surface area contributed by atoms with E-state index in [9.17, 15) is 4.79 Å². The minimum atomic E-state index is -0.456. The smallest absolute Gasteiger partial charge is 0.410 e. The maximum absolute atomic E-state index is 12.2. The van der Waals surface area contributed by atoms with Crippen LogP contribution in [-0.4, -0.2) is 35.7 Å². The zero-order chi connectivity index (χ0) is 17.0. The van der Waals surface area contributed by atoms with Gasteiger partial charge in [0, 0.05) is 35.2 Å². The van der Waals surface area contributed by atoms with Crippen LogP contribution in [0.15, 0.2) is 22.7 Å². The van der Waals surface area contributed by atoms with E-state index in [1.165, 1.54) is 0 Å². The maximum Gasteiger partial charge on any atom is 0.410 e. The van der Waals surface area contributed by atoms with E-state index in [1.807, 2.05) is 43.9 Å². The number of hydrogen-bond acceptors (Lipinski definition) is 3. The average Bonchev–Trinajstić information content (AvgIpc) is 2.88. The summed E-state index contributed by atoms with van der Waals surface area (Å²) in [5.74, 6) is 0. The predicted molar refractivity (Wildman–Crippen MR) is 96.8 cm³/mol. The molecule has 1 atom stereocenters. The lowest BCUT2D eigenvalue weighted by atomic mass is 10.2. The zero-order valence-electron chi connectivity index (χ0n) is 13.9. The lowest BCUT2D eigenvalue weighted by molar-refractivity contribution is 0.0226. The number of carbonyl (C=O) groups is 1. The van der Waals surface area contributed by atoms with Crippen molar-refractivity contribution in [3.8, 4) is 0 Å². The molecule has 2 rings (SSSR count). The van der Waals surface area contributed by atoms with Crippen molar-refractivity contribution >= 4 is 33.6 Å². The van der Waals surface area contributed by atoms with Crippen LogP contribution in [0.4, 0.5) is 4.79 Å². The Bertz CT molecular complexity index is 560. The van der Waals surface area contributed by atoms with Gasteiger partial charge in [0.15, 0.2) is 0 Å². The molecule has 1 aromatic rings. The minimum absolute atomic E-state index is 0.180. The molecule has 1 unspecified atom stereocenters. The number of rotatable bonds is 4. The van der Waals surface area contributed by atoms with E-state index in [-0.39, 0.29) is 12.1 Å². The molecular formula is C17H24BrClN2O2. The molecule has 1 aromatic carbocycles. The highest BCUT2D eigenvalue weighted by atomic mass is 79.9. The first-order valence-electron chi connectivity index (χ1n) is 7.90. The van der Waals surface area contributed by atoms with Crippen LogP contribution in [0.1, 0.15) is 39.2 Å². The van der Waals surface area contributed by atoms with E-state index < -0.39 is 5.60 Å². The number of ether oxygens (including phenoxy) is 1. The van der Waals surface area contributed by atoms with Gasteiger partial charge in [0.25, 0.3) is 0 Å². The Morgan fingerprint density at radius 2 is 2.22 bits per heavy atom. The summed E-state index contributed by atoms with van der Waals surface area (Å²) in [7, 11) is 0. The predicted octanol–water partition coefficient (Wildman–Crippen LogP) is 4.59. The van der Waals surface area contributed by atoms with E-state index in [0.29, 0.717) is 6.54 Å². The van der Waals surface area contributed by atoms with Crippen molar-refractivity contribution in [3.63, 3.8) is 0 Å². The largest absolute Gasteiger partial charge is 0.444 e. The van der Waals surface area contributed by atoms with Crippen molar-refractivity contribution in [2.45, 2.75) is 51.8 Å². The molecule has 6 heteroatoms. The van der Waals surface area contributed by atoms with Gasteiger partial charge in [-0.15, -0.1) is 0 Å². The normalized spacial score (nSPS) is 18.3. The first-order valence-corrected chi connectivity index (χ1v) is 9.07. The Labute approximate surface area is 151 Å². The van der Waals surface area contributed by atoms with Crippen LogP contribution >= 0.6 is 27.5 Å². The van der Waals surface area contributed by atoms with Crippen LogP contribution in [0.3, 0.4) is 0 Å². The number of benzene rings is 1. The SMILES string of the molecule is CC(C)(C)OC(=O)N1CCCC1CNCc1ccc(Br)cc1Cl. The van der Waals surface area contributed by atoms with Crippen molar-refractivity contribution in [2.75, 3.05) is 13.1 Å². The third kappa shape index (κ3) is 5.66. The highest BCUT2D eigenvalue weighted by Crippen LogP contribution is 2.22. The number of halogens is 2. The van der Waals surface area contributed by atoms with Crippen molar-refractivity contribution in [3.05, 3.63) is 33.3 Å². The van der Waals surface area contributed by atoms with Crippen LogP contribution in [0, 0.1) is 0 Å². The summed E-state index contributed by atoms with van der Waals surface area (Å²) in [4.78, 5) is 14.1. The van der Waals surface area contributed by atoms with Gasteiger partial charge in [0.1, 0.15) is 5.60 Å². The fourth-order valence-electron chi connectivity index (χ4n) is 2.65. The summed E-state index contributed by atoms with van der Waals surface area (Å²) in [6.45, 7) is 7.87. The van der Waals surface area contributed by atoms with E-state index in [4.69, 9.17) is 16.3 Å². The molecule has 1 saturated heterocycles. The second kappa shape index (κ2) is 7.86. The molecule has 4 nitrogen and oxygen atoms in total. The summed E-state index contributed by atoms with van der Waals surface area (Å²) in [6, 6.07) is 6.05. The molecule has 1 aliphatic heterocycles. The second-order valence-electron chi connectivity index (χ2n) is 6.84. The third-order valence-corrected chi connectivity index (χ3v) is 4.56. The maximum atomic E-state index is 12.2. The molecule has 23 heavy (non-hydrogen) atoms. The van der Waals surface area contributed by atoms with Crippen molar-refractivity contribution in [1.29, 1.82) is 0 Å². The fourth-order valence-corrected chi connectivity index (χ4v) is 3.39. The Kier molecular flexibility index (Phi) is 6.34. The molecular weight excluding hydrogens is 380 g/mol. The number of hydrogen-bond donors (Lipinski definition) is 1. The summed E-state index contributed by atoms with van der Waals surface area (Å²) in [5, 5.41) is 4.14. The number of nitrogens with one attached hydrogen (secondary N) is 1. The molecule has 0 radical (unpaired) electrons. The zero-order valence-corrected chi connectivity index (χ0v) is 16.2. The van der Waals surface area contributed by atoms with Crippen LogP contribution in [0.2, 0.25) is 5.02 Å². The molecule has 0 aromatic heterocycles. The molecule has 1 amide bonds. The van der Waals surface area contributed by atoms with Gasteiger partial charge in [-0.2, -0.15) is 0 Å². The molecule has 1 heterocycles. The van der Waals surface area contributed by atoms with Crippen LogP contribution in [-0.2, 0) is 11.3 Å². The van der Waals surface area contributed by atoms with Crippen LogP contribution < -0.4 is 5.32 Å². The average molecular weight is 404 g/mol. The van der Waals surface area contributed by atoms with Gasteiger partial charge < -0.3 is 15.0 Å². The van der Waals surface area contributed by atoms with Gasteiger partial charge in [-0.3, -0.25) is 0 Å². The number of likely N-dealkylation sites (tertiary alicyclic amines) is 1. The molecule has 128 valence electrons. The first kappa shape index (κ1) is 18.6. The molecule has 0 aliphatic carbocycles. The topological polar surface area (TPSA) is 41.6 Å². The fraction of sp³-hybridized carbons (Fsp3) is 0.588. The molecule has 1 fully saturated rings. The summed E-state index contributed by atoms with van der Waals surface area (Å²) in [6.07, 6.45) is 1.80. The standard InChI is InChI=1S/C17H24BrClN2O2/c1-17(2,3)23-16(22)21-8-4-5-14(21)11-20-10-12-6-7-13(18)9-15(12)19/h6-7,9,14,20H,4-5,8,10-11H2,1-3H3. The molecule has 0 bridgehead atoms. The highest BCUT2D eigenvalue weighted by Gasteiger charge is 2.31. The number of nitrogens with zero attached hydrogens (tertiary/aromatic N) is 1. The van der Waals surface area contributed by atoms with Gasteiger partial charge in [0.05, 0.1) is 0 Å². The van der Waals surface area contributed by atoms with E-state index >= 15 is 0 Å². The van der Waals surface area contributed by atoms with Crippen molar-refractivity contribution in [2.24, 2.45) is 0 Å². The Balaban J connectivity index is 1.85. The summed E-state index contributed by atoms with van der Waals surface area (Å²) >= 11 is 9.63. The lowest BCUT2D eigenvalue weighted by Crippen LogP contribution is -2.44. The highest BCUT2D eigenvalue weighted by molar-refractivity contribution is 9.10. The van der Waals surface area contributed by atoms with E-state index in [0.717, 1.165) is 41.0 Å². The quantitative estimate of drug-likeness (QED) is 0.799. The molecule has 1 N–H and O–H groups in total. The van der Waals surface area contributed by atoms with Gasteiger partial charge >= 0.3 is 6.09 Å².